The van der Waals surface area contributed by atoms with Crippen LogP contribution in [0.5, 0.6) is 0 Å². The molecule has 0 saturated carbocycles. The zero-order valence-electron chi connectivity index (χ0n) is 20.0. The minimum absolute atomic E-state index is 0.0925. The van der Waals surface area contributed by atoms with Crippen molar-refractivity contribution in [3.8, 4) is 23.4 Å². The number of pyridine rings is 1. The molecule has 1 aliphatic rings. The largest absolute Gasteiger partial charge is 0.490 e. The molecule has 0 radical (unpaired) electrons. The number of aromatic amines is 1. The monoisotopic (exact) mass is 557 g/mol. The Morgan fingerprint density at radius 2 is 2.05 bits per heavy atom. The number of nitrogens with one attached hydrogen (secondary N) is 1. The Labute approximate surface area is 224 Å². The topological polar surface area (TPSA) is 160 Å². The second-order valence-corrected chi connectivity index (χ2v) is 8.86. The van der Waals surface area contributed by atoms with Crippen LogP contribution in [0.25, 0.3) is 22.3 Å². The number of hydrogen-bond donors (Lipinski definition) is 2. The van der Waals surface area contributed by atoms with Gasteiger partial charge < -0.3 is 15.0 Å². The van der Waals surface area contributed by atoms with Gasteiger partial charge in [0, 0.05) is 48.5 Å². The number of nitriles is 2. The average molecular weight is 558 g/mol. The molecule has 0 aliphatic carbocycles. The number of H-pyrrole nitrogens is 1. The molecule has 15 heteroatoms. The molecule has 1 fully saturated rings. The fraction of sp³-hybridized carbons (Fsp3) is 0.292. The van der Waals surface area contributed by atoms with Gasteiger partial charge in [-0.2, -0.15) is 28.8 Å². The number of carbonyl (C=O) groups is 1. The molecule has 4 aromatic heterocycles. The van der Waals surface area contributed by atoms with Gasteiger partial charge in [0.1, 0.15) is 28.8 Å². The molecule has 200 valence electrons. The number of carboxylic acid groups (broad SMARTS) is 1. The molecule has 0 spiro atoms. The number of aromatic nitrogens is 6. The van der Waals surface area contributed by atoms with Gasteiger partial charge >= 0.3 is 12.1 Å². The second-order valence-electron chi connectivity index (χ2n) is 8.51. The van der Waals surface area contributed by atoms with Crippen molar-refractivity contribution >= 4 is 34.3 Å². The van der Waals surface area contributed by atoms with Crippen LogP contribution in [0, 0.1) is 28.6 Å². The van der Waals surface area contributed by atoms with Crippen LogP contribution in [-0.4, -0.2) is 60.1 Å². The lowest BCUT2D eigenvalue weighted by molar-refractivity contribution is -0.192. The standard InChI is InChI=1S/C22H18ClN9.C2HF3O2/c23-21-17(9-25)19(3-7-26-21)31-8-4-14(11-31)18(1-5-24)32-12-15(10-30-32)20-16-2-6-27-22(16)29-13-28-20;3-2(4,5)1(6)7/h2-3,6-7,10,12-14,18H,1,4,8,11H2,(H,27,28,29);(H,6,7)/t14-,18-;/m0./s1. The van der Waals surface area contributed by atoms with Crippen molar-refractivity contribution in [2.45, 2.75) is 25.1 Å². The van der Waals surface area contributed by atoms with Gasteiger partial charge in [0.25, 0.3) is 0 Å². The van der Waals surface area contributed by atoms with Gasteiger partial charge in [0.2, 0.25) is 0 Å². The van der Waals surface area contributed by atoms with Gasteiger partial charge in [0.05, 0.1) is 36.1 Å². The van der Waals surface area contributed by atoms with E-state index >= 15 is 0 Å². The maximum absolute atomic E-state index is 10.6. The summed E-state index contributed by atoms with van der Waals surface area (Å²) in [6.07, 6.45) is 4.83. The van der Waals surface area contributed by atoms with Crippen LogP contribution in [0.15, 0.2) is 43.2 Å². The number of anilines is 1. The highest BCUT2D eigenvalue weighted by Gasteiger charge is 2.38. The molecule has 39 heavy (non-hydrogen) atoms. The van der Waals surface area contributed by atoms with Crippen LogP contribution in [0.4, 0.5) is 18.9 Å². The molecule has 0 bridgehead atoms. The molecule has 1 saturated heterocycles. The predicted octanol–water partition coefficient (Wildman–Crippen LogP) is 4.36. The van der Waals surface area contributed by atoms with E-state index in [4.69, 9.17) is 21.5 Å². The Balaban J connectivity index is 0.000000448. The minimum atomic E-state index is -5.08. The lowest BCUT2D eigenvalue weighted by Gasteiger charge is -2.24. The van der Waals surface area contributed by atoms with E-state index in [1.165, 1.54) is 6.33 Å². The van der Waals surface area contributed by atoms with Gasteiger partial charge in [-0.1, -0.05) is 11.6 Å². The fourth-order valence-corrected chi connectivity index (χ4v) is 4.62. The highest BCUT2D eigenvalue weighted by atomic mass is 35.5. The number of halogens is 4. The first-order valence-electron chi connectivity index (χ1n) is 11.4. The van der Waals surface area contributed by atoms with E-state index in [2.05, 4.69) is 42.1 Å². The first-order valence-corrected chi connectivity index (χ1v) is 11.8. The van der Waals surface area contributed by atoms with E-state index in [1.54, 1.807) is 12.4 Å². The van der Waals surface area contributed by atoms with E-state index < -0.39 is 12.1 Å². The Hall–Kier alpha value is -4.69. The molecular weight excluding hydrogens is 539 g/mol. The average Bonchev–Trinajstić information content (AvgIpc) is 3.68. The second kappa shape index (κ2) is 11.4. The van der Waals surface area contributed by atoms with Crippen LogP contribution in [0.2, 0.25) is 5.15 Å². The summed E-state index contributed by atoms with van der Waals surface area (Å²) < 4.78 is 33.6. The van der Waals surface area contributed by atoms with Gasteiger partial charge in [-0.3, -0.25) is 4.68 Å². The van der Waals surface area contributed by atoms with E-state index in [-0.39, 0.29) is 17.1 Å². The molecule has 4 aromatic rings. The Bertz CT molecular complexity index is 1570. The normalized spacial score (nSPS) is 15.7. The van der Waals surface area contributed by atoms with Crippen molar-refractivity contribution in [1.29, 1.82) is 10.5 Å². The number of aliphatic carboxylic acids is 1. The van der Waals surface area contributed by atoms with Gasteiger partial charge in [0.15, 0.2) is 0 Å². The third-order valence-electron chi connectivity index (χ3n) is 6.22. The predicted molar refractivity (Wildman–Crippen MR) is 132 cm³/mol. The molecule has 2 N–H and O–H groups in total. The van der Waals surface area contributed by atoms with Crippen molar-refractivity contribution < 1.29 is 23.1 Å². The molecule has 0 aromatic carbocycles. The third kappa shape index (κ3) is 5.91. The highest BCUT2D eigenvalue weighted by Crippen LogP contribution is 2.36. The fourth-order valence-electron chi connectivity index (χ4n) is 4.43. The lowest BCUT2D eigenvalue weighted by atomic mass is 9.96. The summed E-state index contributed by atoms with van der Waals surface area (Å²) >= 11 is 6.12. The van der Waals surface area contributed by atoms with Crippen molar-refractivity contribution in [3.05, 3.63) is 54.0 Å². The zero-order chi connectivity index (χ0) is 28.2. The van der Waals surface area contributed by atoms with Crippen molar-refractivity contribution in [3.63, 3.8) is 0 Å². The molecule has 5 heterocycles. The SMILES string of the molecule is N#CC[C@@H]([C@H]1CCN(c2ccnc(Cl)c2C#N)C1)n1cc(-c2ncnc3[nH]ccc23)cn1.O=C(O)C(F)(F)F. The summed E-state index contributed by atoms with van der Waals surface area (Å²) in [7, 11) is 0. The number of hydrogen-bond acceptors (Lipinski definition) is 8. The quantitative estimate of drug-likeness (QED) is 0.340. The summed E-state index contributed by atoms with van der Waals surface area (Å²) in [5.41, 5.74) is 3.61. The number of carboxylic acids is 1. The molecule has 1 aliphatic heterocycles. The number of rotatable bonds is 5. The van der Waals surface area contributed by atoms with Crippen LogP contribution in [0.3, 0.4) is 0 Å². The van der Waals surface area contributed by atoms with E-state index in [0.29, 0.717) is 18.5 Å². The zero-order valence-corrected chi connectivity index (χ0v) is 20.7. The maximum Gasteiger partial charge on any atom is 0.490 e. The van der Waals surface area contributed by atoms with Crippen molar-refractivity contribution in [2.24, 2.45) is 5.92 Å². The highest BCUT2D eigenvalue weighted by molar-refractivity contribution is 6.30. The van der Waals surface area contributed by atoms with Gasteiger partial charge in [-0.15, -0.1) is 0 Å². The van der Waals surface area contributed by atoms with E-state index in [0.717, 1.165) is 40.9 Å². The van der Waals surface area contributed by atoms with Crippen molar-refractivity contribution in [1.82, 2.24) is 29.7 Å². The van der Waals surface area contributed by atoms with Crippen LogP contribution < -0.4 is 4.90 Å². The summed E-state index contributed by atoms with van der Waals surface area (Å²) in [6, 6.07) is 8.13. The van der Waals surface area contributed by atoms with Gasteiger partial charge in [-0.05, 0) is 18.6 Å². The molecule has 0 unspecified atom stereocenters. The number of alkyl halides is 3. The van der Waals surface area contributed by atoms with Crippen LogP contribution in [0.1, 0.15) is 24.4 Å². The van der Waals surface area contributed by atoms with Crippen LogP contribution in [-0.2, 0) is 4.79 Å². The molecule has 11 nitrogen and oxygen atoms in total. The Morgan fingerprint density at radius 3 is 2.74 bits per heavy atom. The lowest BCUT2D eigenvalue weighted by Crippen LogP contribution is -2.25. The molecule has 0 amide bonds. The molecule has 2 atom stereocenters. The Morgan fingerprint density at radius 1 is 1.28 bits per heavy atom. The Kier molecular flexibility index (Phi) is 7.97. The first-order chi connectivity index (χ1) is 18.6. The first kappa shape index (κ1) is 27.3. The van der Waals surface area contributed by atoms with Crippen molar-refractivity contribution in [2.75, 3.05) is 18.0 Å². The number of fused-ring (bicyclic) bond motifs is 1. The third-order valence-corrected chi connectivity index (χ3v) is 6.50. The smallest absolute Gasteiger partial charge is 0.475 e. The van der Waals surface area contributed by atoms with Gasteiger partial charge in [-0.25, -0.2) is 19.7 Å². The minimum Gasteiger partial charge on any atom is -0.475 e. The van der Waals surface area contributed by atoms with Crippen LogP contribution >= 0.6 is 11.6 Å². The summed E-state index contributed by atoms with van der Waals surface area (Å²) in [5.74, 6) is -2.56. The summed E-state index contributed by atoms with van der Waals surface area (Å²) in [6.45, 7) is 1.47. The van der Waals surface area contributed by atoms with E-state index in [1.807, 2.05) is 29.2 Å². The maximum atomic E-state index is 10.6. The molecule has 5 rings (SSSR count). The molecular formula is C24H19ClF3N9O2. The number of nitrogens with zero attached hydrogens (tertiary/aromatic N) is 8. The summed E-state index contributed by atoms with van der Waals surface area (Å²) in [4.78, 5) is 26.8. The summed E-state index contributed by atoms with van der Waals surface area (Å²) in [5, 5.41) is 31.8. The van der Waals surface area contributed by atoms with E-state index in [9.17, 15) is 23.7 Å².